The maximum absolute atomic E-state index is 13.5. The van der Waals surface area contributed by atoms with Crippen LogP contribution < -0.4 is 10.1 Å². The van der Waals surface area contributed by atoms with E-state index in [-0.39, 0.29) is 10.9 Å². The molecule has 0 unspecified atom stereocenters. The highest BCUT2D eigenvalue weighted by atomic mass is 35.5. The number of fused-ring (bicyclic) bond motifs is 1. The third kappa shape index (κ3) is 3.59. The Morgan fingerprint density at radius 1 is 1.20 bits per heavy atom. The number of anilines is 1. The molecule has 0 radical (unpaired) electrons. The van der Waals surface area contributed by atoms with Gasteiger partial charge in [0.05, 0.1) is 34.5 Å². The highest BCUT2D eigenvalue weighted by molar-refractivity contribution is 6.31. The molecule has 30 heavy (non-hydrogen) atoms. The summed E-state index contributed by atoms with van der Waals surface area (Å²) in [7, 11) is 3.37. The molecule has 0 fully saturated rings. The number of rotatable bonds is 4. The maximum Gasteiger partial charge on any atom is 0.256 e. The molecule has 0 atom stereocenters. The number of halogens is 2. The average molecular weight is 425 g/mol. The summed E-state index contributed by atoms with van der Waals surface area (Å²) in [6.45, 7) is 1.82. The zero-order valence-corrected chi connectivity index (χ0v) is 17.3. The molecule has 1 amide bonds. The van der Waals surface area contributed by atoms with Crippen molar-refractivity contribution >= 4 is 34.2 Å². The van der Waals surface area contributed by atoms with Gasteiger partial charge in [-0.1, -0.05) is 23.7 Å². The van der Waals surface area contributed by atoms with Crippen molar-refractivity contribution in [1.29, 1.82) is 0 Å². The normalized spacial score (nSPS) is 11.0. The number of hydrogen-bond acceptors (Lipinski definition) is 4. The van der Waals surface area contributed by atoms with Gasteiger partial charge >= 0.3 is 0 Å². The van der Waals surface area contributed by atoms with Gasteiger partial charge < -0.3 is 10.1 Å². The lowest BCUT2D eigenvalue weighted by Crippen LogP contribution is -2.13. The molecule has 2 aromatic heterocycles. The minimum absolute atomic E-state index is 0.0673. The van der Waals surface area contributed by atoms with E-state index < -0.39 is 5.82 Å². The predicted octanol–water partition coefficient (Wildman–Crippen LogP) is 5.00. The summed E-state index contributed by atoms with van der Waals surface area (Å²) in [6.07, 6.45) is 0. The van der Waals surface area contributed by atoms with Gasteiger partial charge in [-0.05, 0) is 43.3 Å². The van der Waals surface area contributed by atoms with E-state index in [0.29, 0.717) is 39.4 Å². The molecule has 152 valence electrons. The molecule has 0 aliphatic rings. The number of aryl methyl sites for hydroxylation is 2. The Morgan fingerprint density at radius 2 is 2.00 bits per heavy atom. The number of pyridine rings is 1. The van der Waals surface area contributed by atoms with Crippen LogP contribution in [0.1, 0.15) is 16.1 Å². The summed E-state index contributed by atoms with van der Waals surface area (Å²) in [5.41, 5.74) is 3.46. The van der Waals surface area contributed by atoms with Gasteiger partial charge in [-0.2, -0.15) is 5.10 Å². The number of hydrogen-bond donors (Lipinski definition) is 1. The van der Waals surface area contributed by atoms with E-state index in [1.807, 2.05) is 31.2 Å². The minimum Gasteiger partial charge on any atom is -0.497 e. The molecule has 4 aromatic rings. The molecule has 8 heteroatoms. The molecule has 0 saturated heterocycles. The zero-order chi connectivity index (χ0) is 21.4. The van der Waals surface area contributed by atoms with Crippen molar-refractivity contribution in [3.05, 3.63) is 70.6 Å². The predicted molar refractivity (Wildman–Crippen MR) is 115 cm³/mol. The molecule has 0 aliphatic heterocycles. The quantitative estimate of drug-likeness (QED) is 0.500. The van der Waals surface area contributed by atoms with Crippen molar-refractivity contribution in [3.8, 4) is 17.0 Å². The Labute approximate surface area is 177 Å². The zero-order valence-electron chi connectivity index (χ0n) is 16.5. The van der Waals surface area contributed by atoms with Gasteiger partial charge in [0, 0.05) is 18.3 Å². The summed E-state index contributed by atoms with van der Waals surface area (Å²) in [5.74, 6) is -0.239. The van der Waals surface area contributed by atoms with Gasteiger partial charge in [0.25, 0.3) is 5.91 Å². The molecule has 1 N–H and O–H groups in total. The second-order valence-electron chi connectivity index (χ2n) is 6.78. The number of methoxy groups -OCH3 is 1. The summed E-state index contributed by atoms with van der Waals surface area (Å²) in [4.78, 5) is 17.9. The lowest BCUT2D eigenvalue weighted by atomic mass is 10.0. The highest BCUT2D eigenvalue weighted by Crippen LogP contribution is 2.29. The third-order valence-corrected chi connectivity index (χ3v) is 5.05. The fourth-order valence-electron chi connectivity index (χ4n) is 3.33. The molecular formula is C22H18ClFN4O2. The number of carbonyl (C=O) groups excluding carboxylic acids is 1. The lowest BCUT2D eigenvalue weighted by Gasteiger charge is -2.10. The van der Waals surface area contributed by atoms with Crippen molar-refractivity contribution in [1.82, 2.24) is 14.8 Å². The third-order valence-electron chi connectivity index (χ3n) is 4.76. The molecule has 0 spiro atoms. The van der Waals surface area contributed by atoms with Crippen LogP contribution >= 0.6 is 11.6 Å². The second-order valence-corrected chi connectivity index (χ2v) is 7.18. The Balaban J connectivity index is 1.84. The topological polar surface area (TPSA) is 69.0 Å². The molecule has 4 rings (SSSR count). The lowest BCUT2D eigenvalue weighted by molar-refractivity contribution is 0.102. The van der Waals surface area contributed by atoms with Gasteiger partial charge in [0.1, 0.15) is 11.6 Å². The first-order chi connectivity index (χ1) is 14.4. The molecule has 0 saturated carbocycles. The van der Waals surface area contributed by atoms with Gasteiger partial charge in [-0.3, -0.25) is 9.48 Å². The average Bonchev–Trinajstić information content (AvgIpc) is 3.03. The Morgan fingerprint density at radius 3 is 2.73 bits per heavy atom. The van der Waals surface area contributed by atoms with Gasteiger partial charge in [0.2, 0.25) is 0 Å². The first kappa shape index (κ1) is 19.8. The number of nitrogens with zero attached hydrogens (tertiary/aromatic N) is 3. The number of carbonyl (C=O) groups is 1. The molecule has 6 nitrogen and oxygen atoms in total. The van der Waals surface area contributed by atoms with E-state index in [1.54, 1.807) is 24.9 Å². The van der Waals surface area contributed by atoms with E-state index in [1.165, 1.54) is 18.2 Å². The van der Waals surface area contributed by atoms with E-state index in [0.717, 1.165) is 5.56 Å². The van der Waals surface area contributed by atoms with E-state index in [9.17, 15) is 9.18 Å². The van der Waals surface area contributed by atoms with Crippen LogP contribution in [-0.2, 0) is 7.05 Å². The summed E-state index contributed by atoms with van der Waals surface area (Å²) < 4.78 is 20.4. The number of benzene rings is 2. The maximum atomic E-state index is 13.5. The Hall–Kier alpha value is -3.45. The smallest absolute Gasteiger partial charge is 0.256 e. The first-order valence-electron chi connectivity index (χ1n) is 9.12. The molecular weight excluding hydrogens is 407 g/mol. The minimum atomic E-state index is -0.551. The SMILES string of the molecule is COc1cccc(-c2cc(C(=O)Nc3ccc(F)c(Cl)c3)c3c(C)nn(C)c3n2)c1. The van der Waals surface area contributed by atoms with Gasteiger partial charge in [-0.15, -0.1) is 0 Å². The van der Waals surface area contributed by atoms with Crippen LogP contribution in [0.25, 0.3) is 22.3 Å². The Bertz CT molecular complexity index is 1290. The van der Waals surface area contributed by atoms with Gasteiger partial charge in [-0.25, -0.2) is 9.37 Å². The van der Waals surface area contributed by atoms with Crippen LogP contribution in [0.4, 0.5) is 10.1 Å². The van der Waals surface area contributed by atoms with Crippen molar-refractivity contribution in [3.63, 3.8) is 0 Å². The number of aromatic nitrogens is 3. The molecule has 0 bridgehead atoms. The largest absolute Gasteiger partial charge is 0.497 e. The number of nitrogens with one attached hydrogen (secondary N) is 1. The fraction of sp³-hybridized carbons (Fsp3) is 0.136. The van der Waals surface area contributed by atoms with Crippen molar-refractivity contribution in [2.24, 2.45) is 7.05 Å². The summed E-state index contributed by atoms with van der Waals surface area (Å²) >= 11 is 5.84. The van der Waals surface area contributed by atoms with Crippen LogP contribution in [0.2, 0.25) is 5.02 Å². The van der Waals surface area contributed by atoms with Crippen molar-refractivity contribution in [2.75, 3.05) is 12.4 Å². The van der Waals surface area contributed by atoms with Crippen LogP contribution in [0.15, 0.2) is 48.5 Å². The fourth-order valence-corrected chi connectivity index (χ4v) is 3.51. The first-order valence-corrected chi connectivity index (χ1v) is 9.50. The number of amides is 1. The summed E-state index contributed by atoms with van der Waals surface area (Å²) in [6, 6.07) is 13.2. The second kappa shape index (κ2) is 7.76. The molecule has 0 aliphatic carbocycles. The van der Waals surface area contributed by atoms with Crippen LogP contribution in [-0.4, -0.2) is 27.8 Å². The van der Waals surface area contributed by atoms with Gasteiger partial charge in [0.15, 0.2) is 5.65 Å². The molecule has 2 aromatic carbocycles. The monoisotopic (exact) mass is 424 g/mol. The van der Waals surface area contributed by atoms with E-state index >= 15 is 0 Å². The van der Waals surface area contributed by atoms with E-state index in [2.05, 4.69) is 10.4 Å². The Kier molecular flexibility index (Phi) is 5.13. The van der Waals surface area contributed by atoms with Crippen LogP contribution in [0.3, 0.4) is 0 Å². The summed E-state index contributed by atoms with van der Waals surface area (Å²) in [5, 5.41) is 7.77. The van der Waals surface area contributed by atoms with E-state index in [4.69, 9.17) is 21.3 Å². The van der Waals surface area contributed by atoms with Crippen molar-refractivity contribution in [2.45, 2.75) is 6.92 Å². The van der Waals surface area contributed by atoms with Crippen LogP contribution in [0.5, 0.6) is 5.75 Å². The standard InChI is InChI=1S/C22H18ClFN4O2/c1-12-20-16(22(29)25-14-7-8-18(24)17(23)10-14)11-19(26-21(20)28(2)27-12)13-5-4-6-15(9-13)30-3/h4-11H,1-3H3,(H,25,29). The highest BCUT2D eigenvalue weighted by Gasteiger charge is 2.20. The van der Waals surface area contributed by atoms with Crippen LogP contribution in [0, 0.1) is 12.7 Å². The number of ether oxygens (including phenoxy) is 1. The molecule has 2 heterocycles. The van der Waals surface area contributed by atoms with Crippen molar-refractivity contribution < 1.29 is 13.9 Å².